The van der Waals surface area contributed by atoms with Gasteiger partial charge >= 0.3 is 0 Å². The number of guanidine groups is 1. The molecule has 2 aliphatic heterocycles. The molecule has 26 heavy (non-hydrogen) atoms. The van der Waals surface area contributed by atoms with E-state index in [9.17, 15) is 0 Å². The molecule has 0 aromatic carbocycles. The summed E-state index contributed by atoms with van der Waals surface area (Å²) in [6.45, 7) is 16.1. The number of hydrogen-bond acceptors (Lipinski definition) is 4. The minimum absolute atomic E-state index is 0. The summed E-state index contributed by atoms with van der Waals surface area (Å²) >= 11 is 1.97. The fourth-order valence-electron chi connectivity index (χ4n) is 3.84. The van der Waals surface area contributed by atoms with Crippen LogP contribution in [0.25, 0.3) is 0 Å². The molecule has 0 aromatic heterocycles. The molecule has 0 amide bonds. The molecular weight excluding hydrogens is 459 g/mol. The molecule has 2 fully saturated rings. The molecule has 1 N–H and O–H groups in total. The van der Waals surface area contributed by atoms with Crippen LogP contribution in [0.4, 0.5) is 0 Å². The second-order valence-electron chi connectivity index (χ2n) is 7.26. The lowest BCUT2D eigenvalue weighted by atomic mass is 9.99. The standard InChI is InChI=1S/C19H38N4OS.HI/c1-5-20-18(21-16-19(25-4)9-12-24-13-10-19)23-11-8-17(15-23)14-22(6-2)7-3;/h17H,5-16H2,1-4H3,(H,20,21);1H. The third-order valence-electron chi connectivity index (χ3n) is 5.69. The first kappa shape index (κ1) is 24.3. The largest absolute Gasteiger partial charge is 0.381 e. The number of thioether (sulfide) groups is 1. The van der Waals surface area contributed by atoms with E-state index in [-0.39, 0.29) is 28.7 Å². The molecule has 0 radical (unpaired) electrons. The molecule has 1 atom stereocenters. The smallest absolute Gasteiger partial charge is 0.193 e. The van der Waals surface area contributed by atoms with Gasteiger partial charge in [-0.2, -0.15) is 11.8 Å². The highest BCUT2D eigenvalue weighted by Crippen LogP contribution is 2.34. The average Bonchev–Trinajstić information content (AvgIpc) is 3.12. The van der Waals surface area contributed by atoms with E-state index in [2.05, 4.69) is 42.1 Å². The number of aliphatic imine (C=N–C) groups is 1. The van der Waals surface area contributed by atoms with Gasteiger partial charge in [-0.25, -0.2) is 0 Å². The zero-order valence-corrected chi connectivity index (χ0v) is 20.3. The summed E-state index contributed by atoms with van der Waals surface area (Å²) in [6, 6.07) is 0. The molecule has 154 valence electrons. The average molecular weight is 499 g/mol. The van der Waals surface area contributed by atoms with Crippen molar-refractivity contribution in [3.05, 3.63) is 0 Å². The molecule has 0 aromatic rings. The summed E-state index contributed by atoms with van der Waals surface area (Å²) in [5.41, 5.74) is 0. The molecule has 2 aliphatic rings. The Morgan fingerprint density at radius 2 is 1.96 bits per heavy atom. The molecule has 0 spiro atoms. The van der Waals surface area contributed by atoms with Crippen molar-refractivity contribution in [3.8, 4) is 0 Å². The van der Waals surface area contributed by atoms with E-state index in [1.54, 1.807) is 0 Å². The summed E-state index contributed by atoms with van der Waals surface area (Å²) in [6.07, 6.45) is 5.73. The Morgan fingerprint density at radius 1 is 1.27 bits per heavy atom. The third-order valence-corrected chi connectivity index (χ3v) is 7.09. The fraction of sp³-hybridized carbons (Fsp3) is 0.947. The van der Waals surface area contributed by atoms with Crippen LogP contribution in [0.5, 0.6) is 0 Å². The highest BCUT2D eigenvalue weighted by atomic mass is 127. The topological polar surface area (TPSA) is 40.1 Å². The Balaban J connectivity index is 0.00000338. The molecule has 2 saturated heterocycles. The molecule has 2 rings (SSSR count). The van der Waals surface area contributed by atoms with Gasteiger partial charge in [-0.05, 0) is 51.4 Å². The van der Waals surface area contributed by atoms with Gasteiger partial charge in [0.05, 0.1) is 6.54 Å². The number of nitrogens with one attached hydrogen (secondary N) is 1. The highest BCUT2D eigenvalue weighted by Gasteiger charge is 2.32. The van der Waals surface area contributed by atoms with Gasteiger partial charge in [0.15, 0.2) is 5.96 Å². The molecule has 2 heterocycles. The van der Waals surface area contributed by atoms with Gasteiger partial charge in [0.2, 0.25) is 0 Å². The Morgan fingerprint density at radius 3 is 2.54 bits per heavy atom. The van der Waals surface area contributed by atoms with Crippen molar-refractivity contribution in [1.29, 1.82) is 0 Å². The van der Waals surface area contributed by atoms with E-state index in [4.69, 9.17) is 9.73 Å². The Labute approximate surface area is 182 Å². The number of halogens is 1. The SMILES string of the molecule is CCNC(=NCC1(SC)CCOCC1)N1CCC(CN(CC)CC)C1.I. The highest BCUT2D eigenvalue weighted by molar-refractivity contribution is 14.0. The van der Waals surface area contributed by atoms with E-state index < -0.39 is 0 Å². The van der Waals surface area contributed by atoms with Crippen LogP contribution in [-0.4, -0.2) is 85.8 Å². The van der Waals surface area contributed by atoms with Gasteiger partial charge in [0.1, 0.15) is 0 Å². The van der Waals surface area contributed by atoms with E-state index in [0.29, 0.717) is 0 Å². The van der Waals surface area contributed by atoms with Crippen LogP contribution in [0, 0.1) is 5.92 Å². The third kappa shape index (κ3) is 7.02. The lowest BCUT2D eigenvalue weighted by molar-refractivity contribution is 0.0793. The van der Waals surface area contributed by atoms with Crippen LogP contribution in [0.1, 0.15) is 40.0 Å². The number of ether oxygens (including phenoxy) is 1. The van der Waals surface area contributed by atoms with Crippen LogP contribution in [0.15, 0.2) is 4.99 Å². The van der Waals surface area contributed by atoms with Crippen molar-refractivity contribution in [2.24, 2.45) is 10.9 Å². The van der Waals surface area contributed by atoms with Crippen molar-refractivity contribution in [2.75, 3.05) is 65.3 Å². The molecular formula is C19H39IN4OS. The number of likely N-dealkylation sites (tertiary alicyclic amines) is 1. The minimum atomic E-state index is 0. The lowest BCUT2D eigenvalue weighted by Gasteiger charge is -2.34. The Kier molecular flexibility index (Phi) is 11.8. The maximum Gasteiger partial charge on any atom is 0.193 e. The summed E-state index contributed by atoms with van der Waals surface area (Å²) in [5, 5.41) is 3.53. The van der Waals surface area contributed by atoms with E-state index in [1.807, 2.05) is 11.8 Å². The minimum Gasteiger partial charge on any atom is -0.381 e. The zero-order chi connectivity index (χ0) is 18.1. The lowest BCUT2D eigenvalue weighted by Crippen LogP contribution is -2.43. The molecule has 0 bridgehead atoms. The maximum absolute atomic E-state index is 5.56. The van der Waals surface area contributed by atoms with Gasteiger partial charge in [-0.15, -0.1) is 24.0 Å². The predicted octanol–water partition coefficient (Wildman–Crippen LogP) is 3.15. The molecule has 5 nitrogen and oxygen atoms in total. The van der Waals surface area contributed by atoms with E-state index >= 15 is 0 Å². The van der Waals surface area contributed by atoms with Crippen molar-refractivity contribution in [3.63, 3.8) is 0 Å². The van der Waals surface area contributed by atoms with Crippen LogP contribution < -0.4 is 5.32 Å². The Bertz CT molecular complexity index is 414. The first-order valence-electron chi connectivity index (χ1n) is 10.0. The van der Waals surface area contributed by atoms with E-state index in [1.165, 1.54) is 13.0 Å². The molecule has 7 heteroatoms. The van der Waals surface area contributed by atoms with Crippen molar-refractivity contribution >= 4 is 41.7 Å². The van der Waals surface area contributed by atoms with Gasteiger partial charge in [0.25, 0.3) is 0 Å². The second-order valence-corrected chi connectivity index (χ2v) is 8.53. The van der Waals surface area contributed by atoms with Crippen LogP contribution in [0.2, 0.25) is 0 Å². The van der Waals surface area contributed by atoms with Crippen LogP contribution in [-0.2, 0) is 4.74 Å². The van der Waals surface area contributed by atoms with Crippen molar-refractivity contribution < 1.29 is 4.74 Å². The first-order valence-corrected chi connectivity index (χ1v) is 11.3. The van der Waals surface area contributed by atoms with E-state index in [0.717, 1.165) is 77.2 Å². The summed E-state index contributed by atoms with van der Waals surface area (Å²) in [4.78, 5) is 10.1. The van der Waals surface area contributed by atoms with Crippen LogP contribution >= 0.6 is 35.7 Å². The summed E-state index contributed by atoms with van der Waals surface area (Å²) < 4.78 is 5.82. The predicted molar refractivity (Wildman–Crippen MR) is 125 cm³/mol. The summed E-state index contributed by atoms with van der Waals surface area (Å²) in [7, 11) is 0. The first-order chi connectivity index (χ1) is 12.2. The fourth-order valence-corrected chi connectivity index (χ4v) is 4.60. The quantitative estimate of drug-likeness (QED) is 0.316. The van der Waals surface area contributed by atoms with Crippen molar-refractivity contribution in [2.45, 2.75) is 44.8 Å². The second kappa shape index (κ2) is 12.7. The maximum atomic E-state index is 5.56. The Hall–Kier alpha value is 0.270. The number of rotatable bonds is 8. The van der Waals surface area contributed by atoms with Crippen molar-refractivity contribution in [1.82, 2.24) is 15.1 Å². The van der Waals surface area contributed by atoms with Gasteiger partial charge in [-0.3, -0.25) is 4.99 Å². The molecule has 0 aliphatic carbocycles. The van der Waals surface area contributed by atoms with Crippen LogP contribution in [0.3, 0.4) is 0 Å². The van der Waals surface area contributed by atoms with Gasteiger partial charge < -0.3 is 19.9 Å². The van der Waals surface area contributed by atoms with Gasteiger partial charge in [-0.1, -0.05) is 13.8 Å². The normalized spacial score (nSPS) is 23.2. The number of nitrogens with zero attached hydrogens (tertiary/aromatic N) is 3. The molecule has 0 saturated carbocycles. The zero-order valence-electron chi connectivity index (χ0n) is 17.1. The van der Waals surface area contributed by atoms with Gasteiger partial charge in [0, 0.05) is 44.1 Å². The number of hydrogen-bond donors (Lipinski definition) is 1. The molecule has 1 unspecified atom stereocenters. The monoisotopic (exact) mass is 498 g/mol. The summed E-state index contributed by atoms with van der Waals surface area (Å²) in [5.74, 6) is 1.88.